The molecule has 0 aliphatic heterocycles. The first kappa shape index (κ1) is 20.7. The van der Waals surface area contributed by atoms with Gasteiger partial charge in [0.05, 0.1) is 21.3 Å². The second kappa shape index (κ2) is 9.47. The maximum Gasteiger partial charge on any atom is 0.265 e. The lowest BCUT2D eigenvalue weighted by atomic mass is 10.1. The van der Waals surface area contributed by atoms with Gasteiger partial charge in [-0.1, -0.05) is 48.0 Å². The summed E-state index contributed by atoms with van der Waals surface area (Å²) in [5, 5.41) is 7.76. The van der Waals surface area contributed by atoms with Gasteiger partial charge in [-0.25, -0.2) is 0 Å². The monoisotopic (exact) mass is 448 g/mol. The second-order valence-corrected chi connectivity index (χ2v) is 7.85. The van der Waals surface area contributed by atoms with Crippen LogP contribution in [-0.4, -0.2) is 11.8 Å². The van der Waals surface area contributed by atoms with E-state index in [1.165, 1.54) is 11.3 Å². The van der Waals surface area contributed by atoms with Crippen LogP contribution in [0.15, 0.2) is 90.3 Å². The molecule has 1 aromatic heterocycles. The van der Waals surface area contributed by atoms with E-state index >= 15 is 0 Å². The van der Waals surface area contributed by atoms with Gasteiger partial charge in [-0.3, -0.25) is 9.59 Å². The zero-order chi connectivity index (χ0) is 21.6. The number of hydrogen-bond acceptors (Lipinski definition) is 4. The van der Waals surface area contributed by atoms with E-state index in [0.29, 0.717) is 38.3 Å². The van der Waals surface area contributed by atoms with E-state index in [1.807, 2.05) is 47.8 Å². The molecule has 5 nitrogen and oxygen atoms in total. The van der Waals surface area contributed by atoms with Gasteiger partial charge in [-0.2, -0.15) is 0 Å². The number of ether oxygens (including phenoxy) is 1. The molecule has 0 bridgehead atoms. The average molecular weight is 449 g/mol. The van der Waals surface area contributed by atoms with E-state index in [0.717, 1.165) is 0 Å². The SMILES string of the molecule is O=C(Nc1ccccc1Oc1ccccc1)c1ccc(Cl)c(NC(=O)c2cccs2)c1. The summed E-state index contributed by atoms with van der Waals surface area (Å²) >= 11 is 7.54. The first-order valence-corrected chi connectivity index (χ1v) is 10.6. The van der Waals surface area contributed by atoms with Crippen LogP contribution >= 0.6 is 22.9 Å². The summed E-state index contributed by atoms with van der Waals surface area (Å²) in [7, 11) is 0. The molecule has 4 rings (SSSR count). The van der Waals surface area contributed by atoms with E-state index in [-0.39, 0.29) is 11.8 Å². The van der Waals surface area contributed by atoms with Crippen LogP contribution in [0.4, 0.5) is 11.4 Å². The summed E-state index contributed by atoms with van der Waals surface area (Å²) in [6.45, 7) is 0. The highest BCUT2D eigenvalue weighted by molar-refractivity contribution is 7.12. The van der Waals surface area contributed by atoms with Gasteiger partial charge >= 0.3 is 0 Å². The normalized spacial score (nSPS) is 10.4. The van der Waals surface area contributed by atoms with Crippen LogP contribution in [0.25, 0.3) is 0 Å². The molecule has 4 aromatic rings. The van der Waals surface area contributed by atoms with E-state index in [4.69, 9.17) is 16.3 Å². The van der Waals surface area contributed by atoms with Gasteiger partial charge in [0.25, 0.3) is 11.8 Å². The Hall–Kier alpha value is -3.61. The Kier molecular flexibility index (Phi) is 6.31. The molecule has 2 amide bonds. The average Bonchev–Trinajstić information content (AvgIpc) is 3.32. The minimum absolute atomic E-state index is 0.281. The standard InChI is InChI=1S/C24H17ClN2O3S/c25-18-13-12-16(15-20(18)27-24(29)22-11-6-14-31-22)23(28)26-19-9-4-5-10-21(19)30-17-7-2-1-3-8-17/h1-15H,(H,26,28)(H,27,29). The lowest BCUT2D eigenvalue weighted by molar-refractivity contribution is 0.101. The Balaban J connectivity index is 1.52. The molecule has 1 heterocycles. The summed E-state index contributed by atoms with van der Waals surface area (Å²) in [5.74, 6) is 0.542. The number of halogens is 1. The highest BCUT2D eigenvalue weighted by Gasteiger charge is 2.14. The molecule has 31 heavy (non-hydrogen) atoms. The second-order valence-electron chi connectivity index (χ2n) is 6.49. The van der Waals surface area contributed by atoms with Crippen molar-refractivity contribution >= 4 is 46.1 Å². The van der Waals surface area contributed by atoms with Crippen molar-refractivity contribution in [1.82, 2.24) is 0 Å². The lowest BCUT2D eigenvalue weighted by Crippen LogP contribution is -2.14. The number of rotatable bonds is 6. The quantitative estimate of drug-likeness (QED) is 0.345. The predicted molar refractivity (Wildman–Crippen MR) is 125 cm³/mol. The van der Waals surface area contributed by atoms with Crippen LogP contribution in [-0.2, 0) is 0 Å². The molecule has 0 aliphatic carbocycles. The van der Waals surface area contributed by atoms with Crippen molar-refractivity contribution in [2.24, 2.45) is 0 Å². The maximum atomic E-state index is 12.9. The van der Waals surface area contributed by atoms with Crippen LogP contribution in [0.5, 0.6) is 11.5 Å². The van der Waals surface area contributed by atoms with Crippen molar-refractivity contribution in [1.29, 1.82) is 0 Å². The molecule has 154 valence electrons. The van der Waals surface area contributed by atoms with Crippen molar-refractivity contribution in [3.05, 3.63) is 106 Å². The van der Waals surface area contributed by atoms with Crippen molar-refractivity contribution in [3.63, 3.8) is 0 Å². The predicted octanol–water partition coefficient (Wildman–Crippen LogP) is 6.70. The number of benzene rings is 3. The zero-order valence-corrected chi connectivity index (χ0v) is 17.7. The minimum atomic E-state index is -0.354. The lowest BCUT2D eigenvalue weighted by Gasteiger charge is -2.13. The number of amides is 2. The highest BCUT2D eigenvalue weighted by atomic mass is 35.5. The van der Waals surface area contributed by atoms with Crippen LogP contribution in [0.3, 0.4) is 0 Å². The fourth-order valence-electron chi connectivity index (χ4n) is 2.82. The molecule has 0 saturated carbocycles. The summed E-state index contributed by atoms with van der Waals surface area (Å²) < 4.78 is 5.89. The van der Waals surface area contributed by atoms with Crippen LogP contribution < -0.4 is 15.4 Å². The number of carbonyl (C=O) groups excluding carboxylic acids is 2. The third-order valence-electron chi connectivity index (χ3n) is 4.33. The molecule has 3 aromatic carbocycles. The maximum absolute atomic E-state index is 12.9. The first-order chi connectivity index (χ1) is 15.1. The third-order valence-corrected chi connectivity index (χ3v) is 5.53. The molecule has 0 radical (unpaired) electrons. The van der Waals surface area contributed by atoms with E-state index in [1.54, 1.807) is 42.5 Å². The molecule has 0 fully saturated rings. The van der Waals surface area contributed by atoms with Gasteiger partial charge in [-0.15, -0.1) is 11.3 Å². The summed E-state index contributed by atoms with van der Waals surface area (Å²) in [4.78, 5) is 25.8. The molecular weight excluding hydrogens is 432 g/mol. The molecule has 0 saturated heterocycles. The van der Waals surface area contributed by atoms with E-state index in [9.17, 15) is 9.59 Å². The Morgan fingerprint density at radius 1 is 0.774 bits per heavy atom. The van der Waals surface area contributed by atoms with Crippen LogP contribution in [0.2, 0.25) is 5.02 Å². The Bertz CT molecular complexity index is 1210. The third kappa shape index (κ3) is 5.12. The molecule has 0 unspecified atom stereocenters. The molecule has 7 heteroatoms. The van der Waals surface area contributed by atoms with Crippen molar-refractivity contribution in [2.75, 3.05) is 10.6 Å². The Morgan fingerprint density at radius 2 is 1.52 bits per heavy atom. The largest absolute Gasteiger partial charge is 0.455 e. The molecule has 0 spiro atoms. The van der Waals surface area contributed by atoms with E-state index in [2.05, 4.69) is 10.6 Å². The highest BCUT2D eigenvalue weighted by Crippen LogP contribution is 2.30. The van der Waals surface area contributed by atoms with Gasteiger partial charge in [0.1, 0.15) is 5.75 Å². The van der Waals surface area contributed by atoms with Gasteiger partial charge in [0.2, 0.25) is 0 Å². The molecule has 2 N–H and O–H groups in total. The number of hydrogen-bond donors (Lipinski definition) is 2. The Morgan fingerprint density at radius 3 is 2.29 bits per heavy atom. The van der Waals surface area contributed by atoms with Gasteiger partial charge in [0, 0.05) is 5.56 Å². The zero-order valence-electron chi connectivity index (χ0n) is 16.2. The van der Waals surface area contributed by atoms with Gasteiger partial charge in [-0.05, 0) is 53.9 Å². The fourth-order valence-corrected chi connectivity index (χ4v) is 3.61. The topological polar surface area (TPSA) is 67.4 Å². The fraction of sp³-hybridized carbons (Fsp3) is 0. The molecule has 0 aliphatic rings. The number of anilines is 2. The molecular formula is C24H17ClN2O3S. The van der Waals surface area contributed by atoms with Crippen molar-refractivity contribution < 1.29 is 14.3 Å². The first-order valence-electron chi connectivity index (χ1n) is 9.38. The number of carbonyl (C=O) groups is 2. The van der Waals surface area contributed by atoms with Crippen LogP contribution in [0, 0.1) is 0 Å². The van der Waals surface area contributed by atoms with Crippen molar-refractivity contribution in [3.8, 4) is 11.5 Å². The summed E-state index contributed by atoms with van der Waals surface area (Å²) in [6.07, 6.45) is 0. The van der Waals surface area contributed by atoms with Gasteiger partial charge in [0.15, 0.2) is 5.75 Å². The molecule has 0 atom stereocenters. The van der Waals surface area contributed by atoms with Gasteiger partial charge < -0.3 is 15.4 Å². The summed E-state index contributed by atoms with van der Waals surface area (Å²) in [5.41, 5.74) is 1.23. The van der Waals surface area contributed by atoms with Crippen molar-refractivity contribution in [2.45, 2.75) is 0 Å². The number of para-hydroxylation sites is 3. The van der Waals surface area contributed by atoms with E-state index < -0.39 is 0 Å². The van der Waals surface area contributed by atoms with Crippen LogP contribution in [0.1, 0.15) is 20.0 Å². The number of thiophene rings is 1. The Labute approximate surface area is 188 Å². The number of nitrogens with one attached hydrogen (secondary N) is 2. The summed E-state index contributed by atoms with van der Waals surface area (Å²) in [6, 6.07) is 24.7. The minimum Gasteiger partial charge on any atom is -0.455 e. The smallest absolute Gasteiger partial charge is 0.265 e.